The van der Waals surface area contributed by atoms with Gasteiger partial charge in [0.15, 0.2) is 6.10 Å². The number of rotatable bonds is 6. The molecule has 2 aliphatic rings. The maximum atomic E-state index is 13.1. The van der Waals surface area contributed by atoms with Crippen molar-refractivity contribution in [2.24, 2.45) is 5.92 Å². The molecule has 2 aromatic rings. The third-order valence-corrected chi connectivity index (χ3v) is 6.77. The van der Waals surface area contributed by atoms with Crippen LogP contribution < -0.4 is 10.6 Å². The Labute approximate surface area is 196 Å². The zero-order valence-electron chi connectivity index (χ0n) is 20.2. The first-order valence-electron chi connectivity index (χ1n) is 11.8. The number of nitrogens with one attached hydrogen (secondary N) is 2. The number of aryl methyl sites for hydroxylation is 1. The van der Waals surface area contributed by atoms with Gasteiger partial charge in [-0.25, -0.2) is 4.79 Å². The summed E-state index contributed by atoms with van der Waals surface area (Å²) in [5, 5.41) is 6.73. The molecule has 4 rings (SSSR count). The summed E-state index contributed by atoms with van der Waals surface area (Å²) in [5.41, 5.74) is 5.65. The highest BCUT2D eigenvalue weighted by atomic mass is 16.6. The predicted molar refractivity (Wildman–Crippen MR) is 130 cm³/mol. The molecule has 0 saturated heterocycles. The molecule has 1 saturated carbocycles. The number of ether oxygens (including phenoxy) is 2. The summed E-state index contributed by atoms with van der Waals surface area (Å²) in [6.07, 6.45) is 2.82. The van der Waals surface area contributed by atoms with E-state index in [1.807, 2.05) is 27.7 Å². The number of carbonyl (C=O) groups is 2. The third-order valence-electron chi connectivity index (χ3n) is 6.77. The van der Waals surface area contributed by atoms with Gasteiger partial charge in [-0.3, -0.25) is 4.79 Å². The molecule has 6 heteroatoms. The SMILES string of the molecule is COC(=O)[C@@H](OCC(C)C)c1c(-c2ccc(C)cc2)cc2c(c1C)NC(=O)C1(CCCC1)N2. The lowest BCUT2D eigenvalue weighted by Crippen LogP contribution is -2.50. The zero-order chi connectivity index (χ0) is 23.8. The van der Waals surface area contributed by atoms with E-state index >= 15 is 0 Å². The van der Waals surface area contributed by atoms with Crippen LogP contribution in [0.4, 0.5) is 11.4 Å². The number of hydrogen-bond acceptors (Lipinski definition) is 5. The van der Waals surface area contributed by atoms with Gasteiger partial charge in [0.25, 0.3) is 0 Å². The molecule has 0 unspecified atom stereocenters. The Hall–Kier alpha value is -2.86. The van der Waals surface area contributed by atoms with Crippen LogP contribution in [0.15, 0.2) is 30.3 Å². The van der Waals surface area contributed by atoms with E-state index in [4.69, 9.17) is 9.47 Å². The van der Waals surface area contributed by atoms with E-state index in [-0.39, 0.29) is 11.8 Å². The molecule has 1 aliphatic carbocycles. The summed E-state index contributed by atoms with van der Waals surface area (Å²) in [4.78, 5) is 26.0. The van der Waals surface area contributed by atoms with Crippen LogP contribution in [0.1, 0.15) is 62.3 Å². The number of fused-ring (bicyclic) bond motifs is 1. The van der Waals surface area contributed by atoms with Crippen molar-refractivity contribution in [3.05, 3.63) is 47.0 Å². The van der Waals surface area contributed by atoms with E-state index < -0.39 is 17.6 Å². The first-order valence-corrected chi connectivity index (χ1v) is 11.8. The largest absolute Gasteiger partial charge is 0.467 e. The second kappa shape index (κ2) is 9.18. The second-order valence-electron chi connectivity index (χ2n) is 9.75. The number of methoxy groups -OCH3 is 1. The summed E-state index contributed by atoms with van der Waals surface area (Å²) in [6, 6.07) is 10.3. The molecule has 1 spiro atoms. The Morgan fingerprint density at radius 1 is 1.12 bits per heavy atom. The summed E-state index contributed by atoms with van der Waals surface area (Å²) in [5.74, 6) is -0.196. The van der Waals surface area contributed by atoms with Gasteiger partial charge in [0.05, 0.1) is 25.1 Å². The lowest BCUT2D eigenvalue weighted by molar-refractivity contribution is -0.155. The molecule has 1 amide bonds. The number of benzene rings is 2. The van der Waals surface area contributed by atoms with Crippen molar-refractivity contribution in [1.29, 1.82) is 0 Å². The molecular weight excluding hydrogens is 416 g/mol. The van der Waals surface area contributed by atoms with Gasteiger partial charge in [0.2, 0.25) is 5.91 Å². The first kappa shape index (κ1) is 23.3. The smallest absolute Gasteiger partial charge is 0.339 e. The maximum Gasteiger partial charge on any atom is 0.339 e. The zero-order valence-corrected chi connectivity index (χ0v) is 20.2. The molecular formula is C27H34N2O4. The fraction of sp³-hybridized carbons (Fsp3) is 0.481. The molecule has 0 aromatic heterocycles. The molecule has 1 fully saturated rings. The quantitative estimate of drug-likeness (QED) is 0.566. The maximum absolute atomic E-state index is 13.1. The van der Waals surface area contributed by atoms with Crippen molar-refractivity contribution in [3.63, 3.8) is 0 Å². The first-order chi connectivity index (χ1) is 15.8. The Bertz CT molecular complexity index is 1050. The number of amides is 1. The number of carbonyl (C=O) groups excluding carboxylic acids is 2. The highest BCUT2D eigenvalue weighted by Gasteiger charge is 2.45. The number of esters is 1. The third kappa shape index (κ3) is 4.36. The van der Waals surface area contributed by atoms with Crippen molar-refractivity contribution in [2.45, 2.75) is 65.0 Å². The molecule has 1 aliphatic heterocycles. The molecule has 176 valence electrons. The molecule has 2 aromatic carbocycles. The summed E-state index contributed by atoms with van der Waals surface area (Å²) < 4.78 is 11.3. The predicted octanol–water partition coefficient (Wildman–Crippen LogP) is 5.53. The highest BCUT2D eigenvalue weighted by Crippen LogP contribution is 2.46. The van der Waals surface area contributed by atoms with Crippen LogP contribution in [0, 0.1) is 19.8 Å². The standard InChI is InChI=1S/C27H34N2O4/c1-16(2)15-33-24(25(30)32-5)22-18(4)23-21(14-20(22)19-10-8-17(3)9-11-19)29-27(26(31)28-23)12-6-7-13-27/h8-11,14,16,24,29H,6-7,12-13,15H2,1-5H3,(H,28,31)/t24-/m0/s1. The van der Waals surface area contributed by atoms with Crippen LogP contribution in [-0.4, -0.2) is 31.1 Å². The average Bonchev–Trinajstić information content (AvgIpc) is 3.26. The molecule has 6 nitrogen and oxygen atoms in total. The van der Waals surface area contributed by atoms with Crippen LogP contribution in [0.2, 0.25) is 0 Å². The van der Waals surface area contributed by atoms with E-state index in [0.717, 1.165) is 59.2 Å². The Kier molecular flexibility index (Phi) is 6.48. The van der Waals surface area contributed by atoms with E-state index in [9.17, 15) is 9.59 Å². The summed E-state index contributed by atoms with van der Waals surface area (Å²) in [7, 11) is 1.38. The molecule has 2 N–H and O–H groups in total. The monoisotopic (exact) mass is 450 g/mol. The molecule has 0 radical (unpaired) electrons. The molecule has 33 heavy (non-hydrogen) atoms. The van der Waals surface area contributed by atoms with Gasteiger partial charge in [-0.05, 0) is 55.4 Å². The van der Waals surface area contributed by atoms with Crippen molar-refractivity contribution >= 4 is 23.3 Å². The van der Waals surface area contributed by atoms with E-state index in [0.29, 0.717) is 12.3 Å². The highest BCUT2D eigenvalue weighted by molar-refractivity contribution is 6.08. The van der Waals surface area contributed by atoms with Gasteiger partial charge in [-0.1, -0.05) is 56.5 Å². The van der Waals surface area contributed by atoms with Gasteiger partial charge < -0.3 is 20.1 Å². The fourth-order valence-electron chi connectivity index (χ4n) is 4.95. The van der Waals surface area contributed by atoms with Crippen LogP contribution in [0.3, 0.4) is 0 Å². The lowest BCUT2D eigenvalue weighted by atomic mass is 9.86. The fourth-order valence-corrected chi connectivity index (χ4v) is 4.95. The van der Waals surface area contributed by atoms with E-state index in [1.54, 1.807) is 0 Å². The molecule has 1 heterocycles. The normalized spacial score (nSPS) is 17.5. The van der Waals surface area contributed by atoms with Crippen molar-refractivity contribution < 1.29 is 19.1 Å². The Balaban J connectivity index is 1.90. The average molecular weight is 451 g/mol. The van der Waals surface area contributed by atoms with Gasteiger partial charge in [0, 0.05) is 5.56 Å². The van der Waals surface area contributed by atoms with Gasteiger partial charge in [0.1, 0.15) is 5.54 Å². The lowest BCUT2D eigenvalue weighted by Gasteiger charge is -2.38. The van der Waals surface area contributed by atoms with Crippen LogP contribution >= 0.6 is 0 Å². The summed E-state index contributed by atoms with van der Waals surface area (Å²) in [6.45, 7) is 8.49. The Morgan fingerprint density at radius 2 is 1.79 bits per heavy atom. The summed E-state index contributed by atoms with van der Waals surface area (Å²) >= 11 is 0. The minimum atomic E-state index is -0.890. The van der Waals surface area contributed by atoms with Crippen molar-refractivity contribution in [2.75, 3.05) is 24.4 Å². The van der Waals surface area contributed by atoms with E-state index in [2.05, 4.69) is 41.0 Å². The van der Waals surface area contributed by atoms with E-state index in [1.165, 1.54) is 7.11 Å². The van der Waals surface area contributed by atoms with Gasteiger partial charge in [-0.15, -0.1) is 0 Å². The van der Waals surface area contributed by atoms with Crippen LogP contribution in [0.25, 0.3) is 11.1 Å². The van der Waals surface area contributed by atoms with Gasteiger partial charge >= 0.3 is 5.97 Å². The minimum absolute atomic E-state index is 0.00218. The Morgan fingerprint density at radius 3 is 2.39 bits per heavy atom. The number of hydrogen-bond donors (Lipinski definition) is 2. The minimum Gasteiger partial charge on any atom is -0.467 e. The second-order valence-corrected chi connectivity index (χ2v) is 9.75. The number of anilines is 2. The van der Waals surface area contributed by atoms with Crippen LogP contribution in [-0.2, 0) is 19.1 Å². The molecule has 0 bridgehead atoms. The van der Waals surface area contributed by atoms with Crippen molar-refractivity contribution in [3.8, 4) is 11.1 Å². The van der Waals surface area contributed by atoms with Crippen molar-refractivity contribution in [1.82, 2.24) is 0 Å². The topological polar surface area (TPSA) is 76.7 Å². The molecule has 1 atom stereocenters. The van der Waals surface area contributed by atoms with Gasteiger partial charge in [-0.2, -0.15) is 0 Å². The van der Waals surface area contributed by atoms with Crippen LogP contribution in [0.5, 0.6) is 0 Å².